The van der Waals surface area contributed by atoms with E-state index in [0.717, 1.165) is 28.9 Å². The van der Waals surface area contributed by atoms with Crippen molar-refractivity contribution in [3.8, 4) is 17.2 Å². The maximum Gasteiger partial charge on any atom is 0.255 e. The first kappa shape index (κ1) is 31.0. The summed E-state index contributed by atoms with van der Waals surface area (Å²) in [7, 11) is 0. The minimum Gasteiger partial charge on any atom is -0.492 e. The van der Waals surface area contributed by atoms with Crippen LogP contribution in [0.25, 0.3) is 0 Å². The van der Waals surface area contributed by atoms with Crippen molar-refractivity contribution in [2.75, 3.05) is 29.6 Å². The Labute approximate surface area is 263 Å². The summed E-state index contributed by atoms with van der Waals surface area (Å²) in [5, 5.41) is 11.9. The van der Waals surface area contributed by atoms with Crippen molar-refractivity contribution in [3.63, 3.8) is 0 Å². The summed E-state index contributed by atoms with van der Waals surface area (Å²) in [6, 6.07) is 20.8. The van der Waals surface area contributed by atoms with Crippen LogP contribution in [-0.2, 0) is 11.4 Å². The molecule has 5 rings (SSSR count). The van der Waals surface area contributed by atoms with Crippen LogP contribution in [0.3, 0.4) is 0 Å². The zero-order valence-corrected chi connectivity index (χ0v) is 26.7. The molecule has 0 bridgehead atoms. The lowest BCUT2D eigenvalue weighted by Gasteiger charge is -2.29. The Morgan fingerprint density at radius 3 is 2.45 bits per heavy atom. The second kappa shape index (κ2) is 14.4. The second-order valence-corrected chi connectivity index (χ2v) is 11.4. The first-order valence-electron chi connectivity index (χ1n) is 15.0. The van der Waals surface area contributed by atoms with E-state index in [4.69, 9.17) is 24.3 Å². The molecule has 0 saturated heterocycles. The van der Waals surface area contributed by atoms with Crippen LogP contribution in [0.4, 0.5) is 11.6 Å². The predicted molar refractivity (Wildman–Crippen MR) is 175 cm³/mol. The van der Waals surface area contributed by atoms with E-state index in [1.165, 1.54) is 0 Å². The van der Waals surface area contributed by atoms with Crippen molar-refractivity contribution in [2.24, 2.45) is 0 Å². The molecule has 1 unspecified atom stereocenters. The van der Waals surface area contributed by atoms with Gasteiger partial charge in [0.05, 0.1) is 24.5 Å². The molecule has 0 saturated carbocycles. The zero-order valence-electron chi connectivity index (χ0n) is 25.8. The van der Waals surface area contributed by atoms with Crippen LogP contribution in [-0.4, -0.2) is 39.6 Å². The van der Waals surface area contributed by atoms with Gasteiger partial charge in [0.2, 0.25) is 11.1 Å². The van der Waals surface area contributed by atoms with Crippen LogP contribution in [0, 0.1) is 6.92 Å². The van der Waals surface area contributed by atoms with Crippen molar-refractivity contribution in [1.29, 1.82) is 0 Å². The molecule has 0 fully saturated rings. The highest BCUT2D eigenvalue weighted by Crippen LogP contribution is 2.40. The van der Waals surface area contributed by atoms with Crippen molar-refractivity contribution < 1.29 is 19.0 Å². The fourth-order valence-corrected chi connectivity index (χ4v) is 5.72. The van der Waals surface area contributed by atoms with Crippen molar-refractivity contribution in [2.45, 2.75) is 58.8 Å². The first-order chi connectivity index (χ1) is 21.4. The highest BCUT2D eigenvalue weighted by atomic mass is 32.2. The Kier molecular flexibility index (Phi) is 10.1. The number of fused-ring (bicyclic) bond motifs is 1. The van der Waals surface area contributed by atoms with Crippen LogP contribution >= 0.6 is 11.8 Å². The first-order valence-corrected chi connectivity index (χ1v) is 16.0. The standard InChI is InChI=1S/C34H39N5O4S/c1-6-19-44-34-37-33-35-23(5)30(32(40)36-26-15-11-12-16-27(26)41-7-2)31(39(33)38-34)24-17-18-28(29(20-24)42-8-3)43-21-25-14-10-9-13-22(25)4/h9-18,20,31H,6-8,19,21H2,1-5H3,(H,36,40)(H,35,37,38). The number of aryl methyl sites for hydroxylation is 1. The number of hydrogen-bond donors (Lipinski definition) is 2. The molecule has 1 amide bonds. The molecular formula is C34H39N5O4S. The topological polar surface area (TPSA) is 99.5 Å². The molecule has 2 N–H and O–H groups in total. The second-order valence-electron chi connectivity index (χ2n) is 10.3. The number of amides is 1. The number of thioether (sulfide) groups is 1. The number of anilines is 2. The van der Waals surface area contributed by atoms with Gasteiger partial charge in [0, 0.05) is 11.4 Å². The maximum absolute atomic E-state index is 14.1. The molecule has 1 aliphatic heterocycles. The molecule has 1 aliphatic rings. The van der Waals surface area contributed by atoms with E-state index in [9.17, 15) is 4.79 Å². The largest absolute Gasteiger partial charge is 0.492 e. The number of aromatic nitrogens is 3. The lowest BCUT2D eigenvalue weighted by Crippen LogP contribution is -2.31. The van der Waals surface area contributed by atoms with Gasteiger partial charge >= 0.3 is 0 Å². The van der Waals surface area contributed by atoms with Crippen molar-refractivity contribution in [1.82, 2.24) is 14.8 Å². The number of nitrogens with one attached hydrogen (secondary N) is 2. The van der Waals surface area contributed by atoms with E-state index in [2.05, 4.69) is 36.6 Å². The average Bonchev–Trinajstić information content (AvgIpc) is 3.42. The zero-order chi connectivity index (χ0) is 31.1. The molecule has 0 aliphatic carbocycles. The van der Waals surface area contributed by atoms with E-state index < -0.39 is 6.04 Å². The lowest BCUT2D eigenvalue weighted by molar-refractivity contribution is -0.113. The van der Waals surface area contributed by atoms with E-state index in [1.807, 2.05) is 75.4 Å². The molecule has 9 nitrogen and oxygen atoms in total. The third-order valence-electron chi connectivity index (χ3n) is 7.18. The highest BCUT2D eigenvalue weighted by molar-refractivity contribution is 7.99. The quantitative estimate of drug-likeness (QED) is 0.151. The highest BCUT2D eigenvalue weighted by Gasteiger charge is 2.35. The van der Waals surface area contributed by atoms with Gasteiger partial charge in [-0.05, 0) is 75.1 Å². The molecule has 44 heavy (non-hydrogen) atoms. The normalized spacial score (nSPS) is 14.1. The molecular weight excluding hydrogens is 574 g/mol. The van der Waals surface area contributed by atoms with Gasteiger partial charge in [-0.1, -0.05) is 61.2 Å². The lowest BCUT2D eigenvalue weighted by atomic mass is 9.94. The number of ether oxygens (including phenoxy) is 3. The molecule has 4 aromatic rings. The third kappa shape index (κ3) is 6.86. The fourth-order valence-electron chi connectivity index (χ4n) is 5.04. The van der Waals surface area contributed by atoms with E-state index >= 15 is 0 Å². The van der Waals surface area contributed by atoms with Gasteiger partial charge in [-0.25, -0.2) is 4.68 Å². The van der Waals surface area contributed by atoms with E-state index in [1.54, 1.807) is 16.4 Å². The Morgan fingerprint density at radius 1 is 0.932 bits per heavy atom. The summed E-state index contributed by atoms with van der Waals surface area (Å²) in [6.45, 7) is 11.3. The summed E-state index contributed by atoms with van der Waals surface area (Å²) >= 11 is 1.59. The average molecular weight is 614 g/mol. The van der Waals surface area contributed by atoms with Crippen molar-refractivity contribution in [3.05, 3.63) is 94.7 Å². The minimum absolute atomic E-state index is 0.270. The Hall–Kier alpha value is -4.44. The summed E-state index contributed by atoms with van der Waals surface area (Å²) in [5.41, 5.74) is 4.87. The minimum atomic E-state index is -0.571. The summed E-state index contributed by atoms with van der Waals surface area (Å²) in [5.74, 6) is 3.03. The van der Waals surface area contributed by atoms with Crippen molar-refractivity contribution >= 4 is 29.3 Å². The Morgan fingerprint density at radius 2 is 1.68 bits per heavy atom. The maximum atomic E-state index is 14.1. The number of para-hydroxylation sites is 2. The van der Waals surface area contributed by atoms with Crippen LogP contribution in [0.2, 0.25) is 0 Å². The summed E-state index contributed by atoms with van der Waals surface area (Å²) in [6.07, 6.45) is 0.997. The SMILES string of the molecule is CCCSc1nc2n(n1)C(c1ccc(OCc3ccccc3C)c(OCC)c1)C(C(=O)Nc1ccccc1OCC)=C(C)N2. The van der Waals surface area contributed by atoms with Gasteiger partial charge in [0.25, 0.3) is 5.91 Å². The smallest absolute Gasteiger partial charge is 0.255 e. The number of benzene rings is 3. The number of hydrogen-bond acceptors (Lipinski definition) is 8. The Balaban J connectivity index is 1.54. The fraction of sp³-hybridized carbons (Fsp3) is 0.324. The molecule has 230 valence electrons. The van der Waals surface area contributed by atoms with Gasteiger partial charge in [-0.3, -0.25) is 4.79 Å². The van der Waals surface area contributed by atoms with Crippen LogP contribution in [0.5, 0.6) is 17.2 Å². The van der Waals surface area contributed by atoms with Crippen LogP contribution < -0.4 is 24.8 Å². The van der Waals surface area contributed by atoms with Gasteiger partial charge in [-0.15, -0.1) is 5.10 Å². The molecule has 0 spiro atoms. The molecule has 3 aromatic carbocycles. The van der Waals surface area contributed by atoms with Gasteiger partial charge in [0.15, 0.2) is 11.5 Å². The third-order valence-corrected chi connectivity index (χ3v) is 8.22. The number of carbonyl (C=O) groups is 1. The molecule has 1 atom stereocenters. The van der Waals surface area contributed by atoms with Crippen LogP contribution in [0.15, 0.2) is 83.2 Å². The monoisotopic (exact) mass is 613 g/mol. The number of rotatable bonds is 13. The van der Waals surface area contributed by atoms with Gasteiger partial charge in [0.1, 0.15) is 18.4 Å². The number of nitrogens with zero attached hydrogens (tertiary/aromatic N) is 3. The molecule has 2 heterocycles. The van der Waals surface area contributed by atoms with Crippen LogP contribution in [0.1, 0.15) is 56.8 Å². The summed E-state index contributed by atoms with van der Waals surface area (Å²) in [4.78, 5) is 18.8. The van der Waals surface area contributed by atoms with Gasteiger partial charge < -0.3 is 24.8 Å². The molecule has 0 radical (unpaired) electrons. The molecule has 1 aromatic heterocycles. The predicted octanol–water partition coefficient (Wildman–Crippen LogP) is 7.39. The number of carbonyl (C=O) groups excluding carboxylic acids is 1. The number of allylic oxidation sites excluding steroid dienone is 1. The summed E-state index contributed by atoms with van der Waals surface area (Å²) < 4.78 is 19.9. The Bertz CT molecular complexity index is 1650. The van der Waals surface area contributed by atoms with E-state index in [-0.39, 0.29) is 5.91 Å². The molecule has 10 heteroatoms. The van der Waals surface area contributed by atoms with E-state index in [0.29, 0.717) is 65.1 Å². The van der Waals surface area contributed by atoms with Gasteiger partial charge in [-0.2, -0.15) is 4.98 Å².